The van der Waals surface area contributed by atoms with Crippen LogP contribution in [-0.2, 0) is 32.5 Å². The monoisotopic (exact) mass is 900 g/mol. The molecular weight excluding hydrogens is 870 g/mol. The summed E-state index contributed by atoms with van der Waals surface area (Å²) in [4.78, 5) is 33.7. The van der Waals surface area contributed by atoms with Gasteiger partial charge in [0.15, 0.2) is 54.2 Å². The summed E-state index contributed by atoms with van der Waals surface area (Å²) in [6.45, 7) is 0. The number of halogens is 4. The van der Waals surface area contributed by atoms with Crippen molar-refractivity contribution in [1.82, 2.24) is 9.97 Å². The van der Waals surface area contributed by atoms with Crippen LogP contribution < -0.4 is 23.7 Å². The molecule has 8 rings (SSSR count). The van der Waals surface area contributed by atoms with Gasteiger partial charge in [-0.05, 0) is 24.3 Å². The van der Waals surface area contributed by atoms with E-state index in [2.05, 4.69) is 9.97 Å². The Morgan fingerprint density at radius 3 is 1.42 bits per heavy atom. The van der Waals surface area contributed by atoms with Gasteiger partial charge in [-0.25, -0.2) is 16.8 Å². The molecule has 302 valence electrons. The molecule has 2 aromatic carbocycles. The number of phenols is 1. The lowest BCUT2D eigenvalue weighted by Crippen LogP contribution is -2.46. The molecule has 0 aliphatic carbocycles. The number of rotatable bonds is 7. The number of nitrogens with zero attached hydrogens (tertiary/aromatic N) is 2. The molecule has 6 heterocycles. The zero-order valence-electron chi connectivity index (χ0n) is 29.9. The minimum atomic E-state index is -3.15. The van der Waals surface area contributed by atoms with Gasteiger partial charge >= 0.3 is 0 Å². The second-order valence-corrected chi connectivity index (χ2v) is 19.9. The highest BCUT2D eigenvalue weighted by molar-refractivity contribution is 7.91. The third-order valence-electron chi connectivity index (χ3n) is 9.90. The number of methoxy groups -OCH3 is 1. The van der Waals surface area contributed by atoms with Crippen LogP contribution in [0.3, 0.4) is 0 Å². The van der Waals surface area contributed by atoms with E-state index in [1.165, 1.54) is 44.0 Å². The lowest BCUT2D eigenvalue weighted by atomic mass is 10.0. The molecule has 0 atom stereocenters. The fourth-order valence-corrected chi connectivity index (χ4v) is 10.6. The summed E-state index contributed by atoms with van der Waals surface area (Å²) >= 11 is 24.5. The maximum atomic E-state index is 13.0. The summed E-state index contributed by atoms with van der Waals surface area (Å²) in [5.41, 5.74) is 1.38. The first-order valence-corrected chi connectivity index (χ1v) is 22.4. The summed E-state index contributed by atoms with van der Waals surface area (Å²) in [5.74, 6) is -2.31. The number of phenolic OH excluding ortho intramolecular Hbond substituents is 1. The molecule has 4 aromatic rings. The lowest BCUT2D eigenvalue weighted by molar-refractivity contribution is -0.0866. The van der Waals surface area contributed by atoms with Crippen LogP contribution in [0.4, 0.5) is 0 Å². The van der Waals surface area contributed by atoms with Crippen LogP contribution in [0.25, 0.3) is 0 Å². The molecule has 14 nitrogen and oxygen atoms in total. The van der Waals surface area contributed by atoms with E-state index in [4.69, 9.17) is 70.1 Å². The summed E-state index contributed by atoms with van der Waals surface area (Å²) in [6.07, 6.45) is 6.05. The first kappa shape index (κ1) is 41.1. The second-order valence-electron chi connectivity index (χ2n) is 13.7. The van der Waals surface area contributed by atoms with Crippen molar-refractivity contribution < 1.29 is 55.2 Å². The van der Waals surface area contributed by atoms with Crippen LogP contribution in [0.1, 0.15) is 57.5 Å². The molecule has 0 bridgehead atoms. The van der Waals surface area contributed by atoms with Crippen molar-refractivity contribution in [2.24, 2.45) is 0 Å². The van der Waals surface area contributed by atoms with E-state index >= 15 is 0 Å². The molecule has 2 fully saturated rings. The smallest absolute Gasteiger partial charge is 0.253 e. The molecule has 4 aliphatic heterocycles. The highest BCUT2D eigenvalue weighted by atomic mass is 35.5. The zero-order valence-corrected chi connectivity index (χ0v) is 34.5. The second kappa shape index (κ2) is 15.6. The number of fused-ring (bicyclic) bond motifs is 2. The number of pyridine rings is 2. The molecule has 0 radical (unpaired) electrons. The molecule has 57 heavy (non-hydrogen) atoms. The number of Topliss-reactive ketones (excluding diaryl/α,β-unsaturated/α-hetero) is 2. The minimum Gasteiger partial charge on any atom is -0.504 e. The molecule has 1 N–H and O–H groups in total. The molecule has 2 aromatic heterocycles. The van der Waals surface area contributed by atoms with Crippen molar-refractivity contribution in [1.29, 1.82) is 0 Å². The molecular formula is C37H32Cl4N2O12S2. The highest BCUT2D eigenvalue weighted by Crippen LogP contribution is 2.52. The predicted octanol–water partition coefficient (Wildman–Crippen LogP) is 6.69. The van der Waals surface area contributed by atoms with Crippen molar-refractivity contribution in [2.45, 2.75) is 50.1 Å². The topological polar surface area (TPSA) is 195 Å². The van der Waals surface area contributed by atoms with Crippen LogP contribution in [0.15, 0.2) is 49.1 Å². The van der Waals surface area contributed by atoms with Crippen molar-refractivity contribution in [3.8, 4) is 34.5 Å². The maximum absolute atomic E-state index is 13.0. The summed E-state index contributed by atoms with van der Waals surface area (Å²) in [5, 5.41) is 11.3. The predicted molar refractivity (Wildman–Crippen MR) is 209 cm³/mol. The molecule has 0 saturated carbocycles. The lowest BCUT2D eigenvalue weighted by Gasteiger charge is -2.31. The first-order chi connectivity index (χ1) is 26.9. The summed E-state index contributed by atoms with van der Waals surface area (Å²) in [6, 6.07) is 5.97. The van der Waals surface area contributed by atoms with E-state index in [1.54, 1.807) is 12.1 Å². The van der Waals surface area contributed by atoms with Gasteiger partial charge in [0, 0.05) is 74.4 Å². The molecule has 0 unspecified atom stereocenters. The van der Waals surface area contributed by atoms with E-state index in [9.17, 15) is 31.5 Å². The van der Waals surface area contributed by atoms with Crippen molar-refractivity contribution in [3.05, 3.63) is 91.4 Å². The Labute approximate surface area is 347 Å². The Hall–Kier alpha value is -4.06. The van der Waals surface area contributed by atoms with Gasteiger partial charge in [-0.1, -0.05) is 46.4 Å². The van der Waals surface area contributed by atoms with Crippen LogP contribution in [0.5, 0.6) is 34.5 Å². The van der Waals surface area contributed by atoms with E-state index in [-0.39, 0.29) is 117 Å². The Kier molecular flexibility index (Phi) is 11.3. The van der Waals surface area contributed by atoms with Crippen LogP contribution in [0.2, 0.25) is 20.1 Å². The Morgan fingerprint density at radius 2 is 1.00 bits per heavy atom. The largest absolute Gasteiger partial charge is 0.504 e. The van der Waals surface area contributed by atoms with E-state index < -0.39 is 31.2 Å². The molecule has 2 spiro atoms. The van der Waals surface area contributed by atoms with Gasteiger partial charge in [-0.15, -0.1) is 0 Å². The SMILES string of the molecule is COc1ccc(C(=O)Cc2c(Cl)cncc2Cl)c2c1OC1(CCS(=O)(=O)CC1)O2.O=C(Cc1c(Cl)cncc1Cl)c1ccc(O)c2c1OC1(CCS(=O)(=O)CC1)O2. The number of aromatic nitrogens is 2. The van der Waals surface area contributed by atoms with Crippen molar-refractivity contribution in [3.63, 3.8) is 0 Å². The number of benzene rings is 2. The van der Waals surface area contributed by atoms with Crippen molar-refractivity contribution >= 4 is 77.6 Å². The van der Waals surface area contributed by atoms with Gasteiger partial charge in [-0.3, -0.25) is 19.6 Å². The van der Waals surface area contributed by atoms with Gasteiger partial charge in [0.1, 0.15) is 0 Å². The standard InChI is InChI=1S/C19H17Cl2NO6S.C18H15Cl2NO6S/c1-26-16-3-2-11(15(23)8-12-13(20)9-22-10-14(12)21)17-18(16)28-19(27-17)4-6-29(24,25)7-5-19;19-12-8-21-9-13(20)11(12)7-15(23)10-1-2-14(22)17-16(10)26-18(27-17)3-5-28(24,25)6-4-18/h2-3,9-10H,4-8H2,1H3;1-2,8-9,22H,3-7H2. The van der Waals surface area contributed by atoms with Gasteiger partial charge in [-0.2, -0.15) is 0 Å². The number of hydrogen-bond donors (Lipinski definition) is 1. The van der Waals surface area contributed by atoms with Gasteiger partial charge in [0.25, 0.3) is 11.6 Å². The number of hydrogen-bond acceptors (Lipinski definition) is 14. The number of sulfone groups is 2. The number of carbonyl (C=O) groups is 2. The molecule has 20 heteroatoms. The average molecular weight is 903 g/mol. The zero-order chi connectivity index (χ0) is 40.9. The normalized spacial score (nSPS) is 18.8. The molecule has 0 amide bonds. The number of carbonyl (C=O) groups excluding carboxylic acids is 2. The Balaban J connectivity index is 0.000000174. The van der Waals surface area contributed by atoms with E-state index in [1.807, 2.05) is 0 Å². The minimum absolute atomic E-state index is 0.0390. The van der Waals surface area contributed by atoms with E-state index in [0.29, 0.717) is 32.7 Å². The maximum Gasteiger partial charge on any atom is 0.253 e. The first-order valence-electron chi connectivity index (χ1n) is 17.3. The van der Waals surface area contributed by atoms with Crippen LogP contribution >= 0.6 is 46.4 Å². The van der Waals surface area contributed by atoms with E-state index in [0.717, 1.165) is 0 Å². The third-order valence-corrected chi connectivity index (χ3v) is 14.5. The Morgan fingerprint density at radius 1 is 0.632 bits per heavy atom. The van der Waals surface area contributed by atoms with Gasteiger partial charge < -0.3 is 28.8 Å². The molecule has 2 saturated heterocycles. The quantitative estimate of drug-likeness (QED) is 0.193. The average Bonchev–Trinajstić information content (AvgIpc) is 3.74. The Bertz CT molecular complexity index is 2470. The van der Waals surface area contributed by atoms with Gasteiger partial charge in [0.2, 0.25) is 11.5 Å². The third kappa shape index (κ3) is 8.43. The fourth-order valence-electron chi connectivity index (χ4n) is 6.71. The van der Waals surface area contributed by atoms with Crippen LogP contribution in [-0.4, -0.2) is 85.2 Å². The van der Waals surface area contributed by atoms with Crippen molar-refractivity contribution in [2.75, 3.05) is 30.1 Å². The van der Waals surface area contributed by atoms with Gasteiger partial charge in [0.05, 0.1) is 61.3 Å². The molecule has 4 aliphatic rings. The highest BCUT2D eigenvalue weighted by Gasteiger charge is 2.50. The number of ketones is 2. The fraction of sp³-hybridized carbons (Fsp3) is 0.351. The summed E-state index contributed by atoms with van der Waals surface area (Å²) < 4.78 is 76.2. The number of aromatic hydroxyl groups is 1. The summed E-state index contributed by atoms with van der Waals surface area (Å²) in [7, 11) is -4.78. The van der Waals surface area contributed by atoms with Crippen LogP contribution in [0, 0.1) is 0 Å². The number of ether oxygens (including phenoxy) is 5.